The highest BCUT2D eigenvalue weighted by molar-refractivity contribution is 14.0. The maximum absolute atomic E-state index is 11.6. The lowest BCUT2D eigenvalue weighted by molar-refractivity contribution is -0.127. The molecule has 0 fully saturated rings. The van der Waals surface area contributed by atoms with E-state index in [1.165, 1.54) is 14.7 Å². The van der Waals surface area contributed by atoms with Crippen molar-refractivity contribution in [2.75, 3.05) is 27.2 Å². The van der Waals surface area contributed by atoms with Gasteiger partial charge in [0.25, 0.3) is 0 Å². The molecular weight excluding hydrogens is 411 g/mol. The van der Waals surface area contributed by atoms with Crippen molar-refractivity contribution in [1.29, 1.82) is 0 Å². The summed E-state index contributed by atoms with van der Waals surface area (Å²) in [5.74, 6) is 0.593. The molecule has 1 aromatic heterocycles. The second-order valence-electron chi connectivity index (χ2n) is 4.70. The van der Waals surface area contributed by atoms with E-state index in [4.69, 9.17) is 0 Å². The summed E-state index contributed by atoms with van der Waals surface area (Å²) in [4.78, 5) is 20.0. The molecule has 0 aliphatic rings. The van der Waals surface area contributed by atoms with Gasteiger partial charge in [0, 0.05) is 30.4 Å². The SMILES string of the molecule is C=CCNC(=NCC(=O)N(C)C)NCc1ccc(CC)s1.I. The highest BCUT2D eigenvalue weighted by atomic mass is 127. The second-order valence-corrected chi connectivity index (χ2v) is 5.95. The molecule has 1 aromatic rings. The van der Waals surface area contributed by atoms with Crippen molar-refractivity contribution in [2.24, 2.45) is 4.99 Å². The summed E-state index contributed by atoms with van der Waals surface area (Å²) in [5, 5.41) is 6.34. The van der Waals surface area contributed by atoms with Gasteiger partial charge in [-0.05, 0) is 18.6 Å². The number of carbonyl (C=O) groups excluding carboxylic acids is 1. The molecule has 1 amide bonds. The van der Waals surface area contributed by atoms with Crippen LogP contribution in [-0.4, -0.2) is 44.0 Å². The van der Waals surface area contributed by atoms with Crippen LogP contribution in [0.4, 0.5) is 0 Å². The van der Waals surface area contributed by atoms with Gasteiger partial charge in [-0.1, -0.05) is 13.0 Å². The van der Waals surface area contributed by atoms with Gasteiger partial charge in [-0.15, -0.1) is 41.9 Å². The molecule has 0 aliphatic heterocycles. The van der Waals surface area contributed by atoms with Crippen LogP contribution < -0.4 is 10.6 Å². The minimum Gasteiger partial charge on any atom is -0.353 e. The van der Waals surface area contributed by atoms with E-state index in [-0.39, 0.29) is 36.4 Å². The summed E-state index contributed by atoms with van der Waals surface area (Å²) in [6.45, 7) is 7.25. The molecule has 1 heterocycles. The summed E-state index contributed by atoms with van der Waals surface area (Å²) in [6.07, 6.45) is 2.81. The van der Waals surface area contributed by atoms with Crippen molar-refractivity contribution < 1.29 is 4.79 Å². The Kier molecular flexibility index (Phi) is 10.9. The second kappa shape index (κ2) is 11.5. The van der Waals surface area contributed by atoms with Crippen LogP contribution in [0, 0.1) is 0 Å². The number of halogens is 1. The van der Waals surface area contributed by atoms with E-state index in [0.717, 1.165) is 6.42 Å². The van der Waals surface area contributed by atoms with Crippen molar-refractivity contribution >= 4 is 47.2 Å². The number of carbonyl (C=O) groups is 1. The molecule has 22 heavy (non-hydrogen) atoms. The predicted octanol–water partition coefficient (Wildman–Crippen LogP) is 2.24. The maximum Gasteiger partial charge on any atom is 0.243 e. The molecule has 0 aromatic carbocycles. The molecule has 2 N–H and O–H groups in total. The van der Waals surface area contributed by atoms with Crippen LogP contribution in [0.5, 0.6) is 0 Å². The van der Waals surface area contributed by atoms with Crippen LogP contribution in [0.1, 0.15) is 16.7 Å². The zero-order valence-corrected chi connectivity index (χ0v) is 16.5. The highest BCUT2D eigenvalue weighted by Crippen LogP contribution is 2.16. The number of guanidine groups is 1. The van der Waals surface area contributed by atoms with E-state index < -0.39 is 0 Å². The average Bonchev–Trinajstić information content (AvgIpc) is 2.94. The number of aliphatic imine (C=N–C) groups is 1. The minimum absolute atomic E-state index is 0. The fraction of sp³-hybridized carbons (Fsp3) is 0.467. The smallest absolute Gasteiger partial charge is 0.243 e. The number of nitrogens with zero attached hydrogens (tertiary/aromatic N) is 2. The Morgan fingerprint density at radius 2 is 2.05 bits per heavy atom. The Hall–Kier alpha value is -1.09. The molecule has 0 atom stereocenters. The number of aryl methyl sites for hydroxylation is 1. The third kappa shape index (κ3) is 7.79. The van der Waals surface area contributed by atoms with Crippen LogP contribution in [0.3, 0.4) is 0 Å². The summed E-state index contributed by atoms with van der Waals surface area (Å²) in [7, 11) is 3.44. The van der Waals surface area contributed by atoms with Gasteiger partial charge in [-0.3, -0.25) is 4.79 Å². The molecule has 7 heteroatoms. The summed E-state index contributed by atoms with van der Waals surface area (Å²) < 4.78 is 0. The molecule has 0 saturated carbocycles. The predicted molar refractivity (Wildman–Crippen MR) is 105 cm³/mol. The molecule has 0 aliphatic carbocycles. The highest BCUT2D eigenvalue weighted by Gasteiger charge is 2.05. The Morgan fingerprint density at radius 3 is 2.59 bits per heavy atom. The van der Waals surface area contributed by atoms with E-state index in [1.54, 1.807) is 31.5 Å². The quantitative estimate of drug-likeness (QED) is 0.298. The first-order valence-corrected chi connectivity index (χ1v) is 7.79. The van der Waals surface area contributed by atoms with Crippen molar-refractivity contribution in [2.45, 2.75) is 19.9 Å². The molecule has 0 unspecified atom stereocenters. The van der Waals surface area contributed by atoms with E-state index in [9.17, 15) is 4.79 Å². The van der Waals surface area contributed by atoms with Crippen molar-refractivity contribution in [3.63, 3.8) is 0 Å². The first-order chi connectivity index (χ1) is 10.1. The van der Waals surface area contributed by atoms with Gasteiger partial charge in [-0.25, -0.2) is 4.99 Å². The lowest BCUT2D eigenvalue weighted by atomic mass is 10.3. The van der Waals surface area contributed by atoms with Gasteiger partial charge < -0.3 is 15.5 Å². The molecule has 0 spiro atoms. The first-order valence-electron chi connectivity index (χ1n) is 6.97. The third-order valence-electron chi connectivity index (χ3n) is 2.78. The zero-order valence-electron chi connectivity index (χ0n) is 13.4. The maximum atomic E-state index is 11.6. The zero-order chi connectivity index (χ0) is 15.7. The van der Waals surface area contributed by atoms with Crippen molar-refractivity contribution in [3.8, 4) is 0 Å². The molecule has 5 nitrogen and oxygen atoms in total. The standard InChI is InChI=1S/C15H24N4OS.HI/c1-5-9-16-15(18-11-14(20)19(3)4)17-10-13-8-7-12(6-2)21-13;/h5,7-8H,1,6,9-11H2,2-4H3,(H2,16,17,18);1H. The van der Waals surface area contributed by atoms with E-state index in [1.807, 2.05) is 0 Å². The van der Waals surface area contributed by atoms with Gasteiger partial charge in [0.1, 0.15) is 6.54 Å². The molecule has 0 saturated heterocycles. The average molecular weight is 436 g/mol. The summed E-state index contributed by atoms with van der Waals surface area (Å²) in [5.41, 5.74) is 0. The van der Waals surface area contributed by atoms with Gasteiger partial charge in [0.2, 0.25) is 5.91 Å². The number of likely N-dealkylation sites (N-methyl/N-ethyl adjacent to an activating group) is 1. The summed E-state index contributed by atoms with van der Waals surface area (Å²) >= 11 is 1.79. The van der Waals surface area contributed by atoms with Crippen LogP contribution >= 0.6 is 35.3 Å². The molecular formula is C15H25IN4OS. The van der Waals surface area contributed by atoms with Crippen molar-refractivity contribution in [1.82, 2.24) is 15.5 Å². The van der Waals surface area contributed by atoms with Crippen LogP contribution in [0.25, 0.3) is 0 Å². The Labute approximate surface area is 153 Å². The van der Waals surface area contributed by atoms with E-state index in [0.29, 0.717) is 19.0 Å². The Balaban J connectivity index is 0.00000441. The minimum atomic E-state index is -0.0286. The van der Waals surface area contributed by atoms with Gasteiger partial charge in [-0.2, -0.15) is 0 Å². The molecule has 1 rings (SSSR count). The largest absolute Gasteiger partial charge is 0.353 e. The fourth-order valence-corrected chi connectivity index (χ4v) is 2.41. The normalized spacial score (nSPS) is 10.6. The first kappa shape index (κ1) is 20.9. The van der Waals surface area contributed by atoms with Crippen LogP contribution in [-0.2, 0) is 17.8 Å². The van der Waals surface area contributed by atoms with Gasteiger partial charge >= 0.3 is 0 Å². The Morgan fingerprint density at radius 1 is 1.36 bits per heavy atom. The number of hydrogen-bond donors (Lipinski definition) is 2. The number of hydrogen-bond acceptors (Lipinski definition) is 3. The number of rotatable bonds is 7. The van der Waals surface area contributed by atoms with Gasteiger partial charge in [0.15, 0.2) is 5.96 Å². The molecule has 0 bridgehead atoms. The topological polar surface area (TPSA) is 56.7 Å². The number of nitrogens with one attached hydrogen (secondary N) is 2. The van der Waals surface area contributed by atoms with Crippen LogP contribution in [0.2, 0.25) is 0 Å². The number of thiophene rings is 1. The fourth-order valence-electron chi connectivity index (χ4n) is 1.51. The Bertz CT molecular complexity index is 499. The van der Waals surface area contributed by atoms with Gasteiger partial charge in [0.05, 0.1) is 6.54 Å². The molecule has 124 valence electrons. The molecule has 0 radical (unpaired) electrons. The number of amides is 1. The monoisotopic (exact) mass is 436 g/mol. The van der Waals surface area contributed by atoms with E-state index >= 15 is 0 Å². The summed E-state index contributed by atoms with van der Waals surface area (Å²) in [6, 6.07) is 4.26. The third-order valence-corrected chi connectivity index (χ3v) is 4.01. The van der Waals surface area contributed by atoms with E-state index in [2.05, 4.69) is 41.3 Å². The van der Waals surface area contributed by atoms with Crippen molar-refractivity contribution in [3.05, 3.63) is 34.5 Å². The lowest BCUT2D eigenvalue weighted by Crippen LogP contribution is -2.38. The lowest BCUT2D eigenvalue weighted by Gasteiger charge is -2.12. The van der Waals surface area contributed by atoms with Crippen LogP contribution in [0.15, 0.2) is 29.8 Å².